The molecular weight excluding hydrogens is 426 g/mol. The number of anilines is 1. The summed E-state index contributed by atoms with van der Waals surface area (Å²) in [5.41, 5.74) is 1.12. The van der Waals surface area contributed by atoms with Crippen molar-refractivity contribution in [1.82, 2.24) is 14.9 Å². The number of nitrogens with one attached hydrogen (secondary N) is 1. The number of nitrogens with zero attached hydrogens (tertiary/aromatic N) is 3. The molecule has 0 fully saturated rings. The monoisotopic (exact) mass is 442 g/mol. The van der Waals surface area contributed by atoms with Crippen molar-refractivity contribution in [2.45, 2.75) is 20.4 Å². The Morgan fingerprint density at radius 1 is 1.13 bits per heavy atom. The lowest BCUT2D eigenvalue weighted by atomic mass is 10.1. The van der Waals surface area contributed by atoms with Gasteiger partial charge in [0.2, 0.25) is 5.91 Å². The molecule has 4 rings (SSSR count). The number of thiophene rings is 1. The van der Waals surface area contributed by atoms with Crippen LogP contribution in [0.1, 0.15) is 10.6 Å². The van der Waals surface area contributed by atoms with Crippen LogP contribution in [0, 0.1) is 25.5 Å². The molecule has 1 amide bonds. The minimum atomic E-state index is -1.09. The average molecular weight is 442 g/mol. The molecule has 10 heteroatoms. The average Bonchev–Trinajstić information content (AvgIpc) is 3.34. The Hall–Kier alpha value is -3.66. The fourth-order valence-electron chi connectivity index (χ4n) is 2.94. The van der Waals surface area contributed by atoms with Crippen LogP contribution in [0.2, 0.25) is 0 Å². The van der Waals surface area contributed by atoms with Crippen LogP contribution in [0.15, 0.2) is 51.8 Å². The van der Waals surface area contributed by atoms with Crippen LogP contribution in [0.3, 0.4) is 0 Å². The first-order chi connectivity index (χ1) is 14.8. The van der Waals surface area contributed by atoms with E-state index < -0.39 is 29.6 Å². The van der Waals surface area contributed by atoms with Crippen LogP contribution in [-0.2, 0) is 11.3 Å². The van der Waals surface area contributed by atoms with E-state index in [4.69, 9.17) is 4.52 Å². The molecule has 31 heavy (non-hydrogen) atoms. The van der Waals surface area contributed by atoms with Gasteiger partial charge >= 0.3 is 0 Å². The molecule has 158 valence electrons. The minimum absolute atomic E-state index is 0.0693. The highest BCUT2D eigenvalue weighted by molar-refractivity contribution is 7.15. The van der Waals surface area contributed by atoms with E-state index in [2.05, 4.69) is 15.6 Å². The van der Waals surface area contributed by atoms with Gasteiger partial charge in [-0.3, -0.25) is 9.59 Å². The first-order valence-corrected chi connectivity index (χ1v) is 9.99. The van der Waals surface area contributed by atoms with Crippen LogP contribution in [-0.4, -0.2) is 20.8 Å². The first-order valence-electron chi connectivity index (χ1n) is 9.18. The number of rotatable bonds is 5. The second-order valence-corrected chi connectivity index (χ2v) is 8.11. The van der Waals surface area contributed by atoms with E-state index in [1.807, 2.05) is 19.1 Å². The SMILES string of the molecule is Cc1cc(-c2cc(=O)n(CC(=O)Nc3ccc(F)c(F)c3)nc2-c2ccc(C)s2)on1. The molecule has 0 aliphatic rings. The molecule has 3 aromatic heterocycles. The zero-order valence-corrected chi connectivity index (χ0v) is 17.3. The van der Waals surface area contributed by atoms with Crippen LogP contribution < -0.4 is 10.9 Å². The van der Waals surface area contributed by atoms with Crippen molar-refractivity contribution in [3.05, 3.63) is 75.0 Å². The van der Waals surface area contributed by atoms with Gasteiger partial charge in [0.05, 0.1) is 16.1 Å². The van der Waals surface area contributed by atoms with Crippen molar-refractivity contribution in [3.63, 3.8) is 0 Å². The largest absolute Gasteiger partial charge is 0.356 e. The molecule has 0 unspecified atom stereocenters. The number of carbonyl (C=O) groups is 1. The van der Waals surface area contributed by atoms with E-state index in [9.17, 15) is 18.4 Å². The molecule has 0 saturated carbocycles. The third-order valence-electron chi connectivity index (χ3n) is 4.36. The summed E-state index contributed by atoms with van der Waals surface area (Å²) in [6.07, 6.45) is 0. The van der Waals surface area contributed by atoms with E-state index in [1.54, 1.807) is 13.0 Å². The highest BCUT2D eigenvalue weighted by Gasteiger charge is 2.19. The summed E-state index contributed by atoms with van der Waals surface area (Å²) in [7, 11) is 0. The van der Waals surface area contributed by atoms with Crippen LogP contribution in [0.4, 0.5) is 14.5 Å². The summed E-state index contributed by atoms with van der Waals surface area (Å²) in [4.78, 5) is 26.9. The maximum absolute atomic E-state index is 13.4. The van der Waals surface area contributed by atoms with E-state index in [0.29, 0.717) is 22.7 Å². The second kappa shape index (κ2) is 8.23. The molecule has 1 N–H and O–H groups in total. The summed E-state index contributed by atoms with van der Waals surface area (Å²) >= 11 is 1.48. The number of aryl methyl sites for hydroxylation is 2. The van der Waals surface area contributed by atoms with Gasteiger partial charge in [-0.15, -0.1) is 11.3 Å². The number of halogens is 2. The van der Waals surface area contributed by atoms with Crippen molar-refractivity contribution >= 4 is 22.9 Å². The van der Waals surface area contributed by atoms with Crippen molar-refractivity contribution < 1.29 is 18.1 Å². The normalized spacial score (nSPS) is 11.0. The van der Waals surface area contributed by atoms with E-state index >= 15 is 0 Å². The Balaban J connectivity index is 1.69. The number of hydrogen-bond donors (Lipinski definition) is 1. The van der Waals surface area contributed by atoms with Crippen LogP contribution in [0.25, 0.3) is 21.9 Å². The molecule has 0 spiro atoms. The van der Waals surface area contributed by atoms with E-state index in [0.717, 1.165) is 26.6 Å². The Morgan fingerprint density at radius 2 is 1.94 bits per heavy atom. The van der Waals surface area contributed by atoms with Crippen LogP contribution in [0.5, 0.6) is 0 Å². The summed E-state index contributed by atoms with van der Waals surface area (Å²) in [5, 5.41) is 10.7. The van der Waals surface area contributed by atoms with Gasteiger partial charge in [0, 0.05) is 28.8 Å². The molecule has 0 aliphatic carbocycles. The lowest BCUT2D eigenvalue weighted by Gasteiger charge is -2.10. The van der Waals surface area contributed by atoms with Gasteiger partial charge in [0.25, 0.3) is 5.56 Å². The maximum Gasteiger partial charge on any atom is 0.268 e. The van der Waals surface area contributed by atoms with Gasteiger partial charge in [-0.1, -0.05) is 5.16 Å². The minimum Gasteiger partial charge on any atom is -0.356 e. The molecule has 1 aromatic carbocycles. The molecule has 3 heterocycles. The maximum atomic E-state index is 13.4. The Morgan fingerprint density at radius 3 is 2.58 bits per heavy atom. The van der Waals surface area contributed by atoms with Crippen molar-refractivity contribution in [2.24, 2.45) is 0 Å². The quantitative estimate of drug-likeness (QED) is 0.501. The van der Waals surface area contributed by atoms with Gasteiger partial charge in [-0.25, -0.2) is 13.5 Å². The highest BCUT2D eigenvalue weighted by Crippen LogP contribution is 2.33. The Bertz CT molecular complexity index is 1340. The molecule has 7 nitrogen and oxygen atoms in total. The topological polar surface area (TPSA) is 90.0 Å². The van der Waals surface area contributed by atoms with Crippen LogP contribution >= 0.6 is 11.3 Å². The van der Waals surface area contributed by atoms with Gasteiger partial charge in [0.1, 0.15) is 12.2 Å². The number of benzene rings is 1. The summed E-state index contributed by atoms with van der Waals surface area (Å²) in [6.45, 7) is 3.29. The Labute approximate surface area is 178 Å². The molecule has 0 aliphatic heterocycles. The number of amides is 1. The standard InChI is InChI=1S/C21H16F2N4O3S/c1-11-7-17(30-26-11)14-9-20(29)27(25-21(14)18-6-3-12(2)31-18)10-19(28)24-13-4-5-15(22)16(23)8-13/h3-9H,10H2,1-2H3,(H,24,28). The van der Waals surface area contributed by atoms with Gasteiger partial charge < -0.3 is 9.84 Å². The van der Waals surface area contributed by atoms with E-state index in [-0.39, 0.29) is 5.69 Å². The number of aromatic nitrogens is 3. The molecule has 0 bridgehead atoms. The van der Waals surface area contributed by atoms with E-state index in [1.165, 1.54) is 23.5 Å². The van der Waals surface area contributed by atoms with Gasteiger partial charge in [0.15, 0.2) is 17.4 Å². The molecular formula is C21H16F2N4O3S. The zero-order chi connectivity index (χ0) is 22.1. The predicted molar refractivity (Wildman–Crippen MR) is 112 cm³/mol. The molecule has 4 aromatic rings. The smallest absolute Gasteiger partial charge is 0.268 e. The third kappa shape index (κ3) is 4.43. The van der Waals surface area contributed by atoms with Crippen molar-refractivity contribution in [2.75, 3.05) is 5.32 Å². The van der Waals surface area contributed by atoms with Crippen molar-refractivity contribution in [1.29, 1.82) is 0 Å². The van der Waals surface area contributed by atoms with Crippen molar-refractivity contribution in [3.8, 4) is 21.9 Å². The third-order valence-corrected chi connectivity index (χ3v) is 5.37. The van der Waals surface area contributed by atoms with Gasteiger partial charge in [-0.05, 0) is 38.1 Å². The second-order valence-electron chi connectivity index (χ2n) is 6.82. The Kier molecular flexibility index (Phi) is 5.47. The summed E-state index contributed by atoms with van der Waals surface area (Å²) < 4.78 is 32.8. The molecule has 0 atom stereocenters. The van der Waals surface area contributed by atoms with Gasteiger partial charge in [-0.2, -0.15) is 5.10 Å². The predicted octanol–water partition coefficient (Wildman–Crippen LogP) is 4.16. The lowest BCUT2D eigenvalue weighted by molar-refractivity contribution is -0.117. The first kappa shape index (κ1) is 20.6. The lowest BCUT2D eigenvalue weighted by Crippen LogP contribution is -2.29. The molecule has 0 radical (unpaired) electrons. The zero-order valence-electron chi connectivity index (χ0n) is 16.5. The highest BCUT2D eigenvalue weighted by atomic mass is 32.1. The molecule has 0 saturated heterocycles. The fraction of sp³-hybridized carbons (Fsp3) is 0.143. The number of carbonyl (C=O) groups excluding carboxylic acids is 1. The summed E-state index contributed by atoms with van der Waals surface area (Å²) in [6, 6.07) is 9.80. The number of hydrogen-bond acceptors (Lipinski definition) is 6. The fourth-order valence-corrected chi connectivity index (χ4v) is 3.80. The summed E-state index contributed by atoms with van der Waals surface area (Å²) in [5.74, 6) is -2.33.